The van der Waals surface area contributed by atoms with Gasteiger partial charge in [0.2, 0.25) is 5.91 Å². The molecule has 1 amide bonds. The van der Waals surface area contributed by atoms with Gasteiger partial charge in [0.25, 0.3) is 0 Å². The summed E-state index contributed by atoms with van der Waals surface area (Å²) in [4.78, 5) is 18.0. The number of ether oxygens (including phenoxy) is 1. The van der Waals surface area contributed by atoms with E-state index in [1.165, 1.54) is 5.56 Å². The monoisotopic (exact) mass is 458 g/mol. The van der Waals surface area contributed by atoms with Crippen molar-refractivity contribution in [3.63, 3.8) is 0 Å². The predicted octanol–water partition coefficient (Wildman–Crippen LogP) is 1.78. The smallest absolute Gasteiger partial charge is 0.222 e. The number of hydrogen-bond acceptors (Lipinski definition) is 3. The average molecular weight is 458 g/mol. The molecular weight excluding hydrogens is 431 g/mol. The SMILES string of the molecule is CCC(=O)N1CCC(NC(=NC)NCC2Cc3ccccc3O2)C1.I. The third kappa shape index (κ3) is 4.99. The van der Waals surface area contributed by atoms with Crippen LogP contribution in [0, 0.1) is 0 Å². The van der Waals surface area contributed by atoms with Gasteiger partial charge in [0.1, 0.15) is 11.9 Å². The Kier molecular flexibility index (Phi) is 7.34. The molecule has 0 aliphatic carbocycles. The van der Waals surface area contributed by atoms with Crippen LogP contribution < -0.4 is 15.4 Å². The number of amides is 1. The number of aliphatic imine (C=N–C) groups is 1. The molecule has 1 saturated heterocycles. The third-order valence-corrected chi connectivity index (χ3v) is 4.62. The standard InChI is InChI=1S/C18H26N4O2.HI/c1-3-17(23)22-9-8-14(12-22)21-18(19-2)20-11-15-10-13-6-4-5-7-16(13)24-15;/h4-7,14-15H,3,8-12H2,1-2H3,(H2,19,20,21);1H. The van der Waals surface area contributed by atoms with Gasteiger partial charge in [0, 0.05) is 39.0 Å². The van der Waals surface area contributed by atoms with Crippen LogP contribution in [-0.2, 0) is 11.2 Å². The van der Waals surface area contributed by atoms with Crippen LogP contribution in [0.4, 0.5) is 0 Å². The number of carbonyl (C=O) groups is 1. The second kappa shape index (κ2) is 9.26. The number of rotatable bonds is 4. The highest BCUT2D eigenvalue weighted by Gasteiger charge is 2.26. The van der Waals surface area contributed by atoms with Gasteiger partial charge in [-0.25, -0.2) is 0 Å². The molecule has 6 nitrogen and oxygen atoms in total. The van der Waals surface area contributed by atoms with Crippen molar-refractivity contribution in [1.29, 1.82) is 0 Å². The van der Waals surface area contributed by atoms with Gasteiger partial charge in [-0.15, -0.1) is 24.0 Å². The van der Waals surface area contributed by atoms with E-state index in [0.717, 1.165) is 37.6 Å². The van der Waals surface area contributed by atoms with Gasteiger partial charge in [-0.05, 0) is 18.1 Å². The quantitative estimate of drug-likeness (QED) is 0.410. The largest absolute Gasteiger partial charge is 0.488 e. The van der Waals surface area contributed by atoms with Crippen molar-refractivity contribution in [2.75, 3.05) is 26.7 Å². The van der Waals surface area contributed by atoms with E-state index in [1.807, 2.05) is 30.0 Å². The summed E-state index contributed by atoms with van der Waals surface area (Å²) in [6.07, 6.45) is 2.57. The van der Waals surface area contributed by atoms with Crippen molar-refractivity contribution in [3.05, 3.63) is 29.8 Å². The molecule has 0 radical (unpaired) electrons. The summed E-state index contributed by atoms with van der Waals surface area (Å²) in [5, 5.41) is 6.75. The van der Waals surface area contributed by atoms with Gasteiger partial charge in [0.15, 0.2) is 5.96 Å². The molecule has 2 N–H and O–H groups in total. The van der Waals surface area contributed by atoms with E-state index in [1.54, 1.807) is 7.05 Å². The molecule has 138 valence electrons. The van der Waals surface area contributed by atoms with E-state index >= 15 is 0 Å². The van der Waals surface area contributed by atoms with Crippen LogP contribution in [0.15, 0.2) is 29.3 Å². The lowest BCUT2D eigenvalue weighted by Gasteiger charge is -2.20. The number of nitrogens with one attached hydrogen (secondary N) is 2. The van der Waals surface area contributed by atoms with Crippen molar-refractivity contribution in [2.45, 2.75) is 38.3 Å². The molecule has 0 spiro atoms. The minimum Gasteiger partial charge on any atom is -0.488 e. The maximum absolute atomic E-state index is 11.8. The Hall–Kier alpha value is -1.51. The van der Waals surface area contributed by atoms with Gasteiger partial charge in [-0.1, -0.05) is 25.1 Å². The molecule has 2 unspecified atom stereocenters. The molecule has 0 aromatic heterocycles. The number of benzene rings is 1. The maximum atomic E-state index is 11.8. The summed E-state index contributed by atoms with van der Waals surface area (Å²) in [6, 6.07) is 8.43. The molecule has 2 atom stereocenters. The molecule has 0 bridgehead atoms. The highest BCUT2D eigenvalue weighted by atomic mass is 127. The first-order valence-corrected chi connectivity index (χ1v) is 8.69. The van der Waals surface area contributed by atoms with E-state index in [-0.39, 0.29) is 42.0 Å². The molecule has 0 saturated carbocycles. The first kappa shape index (κ1) is 19.8. The molecule has 1 fully saturated rings. The minimum absolute atomic E-state index is 0. The summed E-state index contributed by atoms with van der Waals surface area (Å²) in [5.41, 5.74) is 1.26. The van der Waals surface area contributed by atoms with Crippen LogP contribution in [-0.4, -0.2) is 55.6 Å². The summed E-state index contributed by atoms with van der Waals surface area (Å²) >= 11 is 0. The number of fused-ring (bicyclic) bond motifs is 1. The van der Waals surface area contributed by atoms with Crippen molar-refractivity contribution in [2.24, 2.45) is 4.99 Å². The first-order chi connectivity index (χ1) is 11.7. The first-order valence-electron chi connectivity index (χ1n) is 8.69. The van der Waals surface area contributed by atoms with E-state index in [2.05, 4.69) is 21.7 Å². The molecule has 2 heterocycles. The van der Waals surface area contributed by atoms with Gasteiger partial charge < -0.3 is 20.3 Å². The molecule has 25 heavy (non-hydrogen) atoms. The van der Waals surface area contributed by atoms with Crippen LogP contribution in [0.5, 0.6) is 5.75 Å². The molecule has 3 rings (SSSR count). The van der Waals surface area contributed by atoms with Gasteiger partial charge in [-0.2, -0.15) is 0 Å². The van der Waals surface area contributed by atoms with Crippen molar-refractivity contribution >= 4 is 35.8 Å². The predicted molar refractivity (Wildman–Crippen MR) is 110 cm³/mol. The van der Waals surface area contributed by atoms with Crippen LogP contribution in [0.25, 0.3) is 0 Å². The number of halogens is 1. The van der Waals surface area contributed by atoms with Gasteiger partial charge in [-0.3, -0.25) is 9.79 Å². The Morgan fingerprint density at radius 3 is 2.92 bits per heavy atom. The Morgan fingerprint density at radius 1 is 1.40 bits per heavy atom. The van der Waals surface area contributed by atoms with Crippen molar-refractivity contribution in [1.82, 2.24) is 15.5 Å². The van der Waals surface area contributed by atoms with E-state index in [9.17, 15) is 4.79 Å². The molecule has 1 aromatic rings. The number of nitrogens with zero attached hydrogens (tertiary/aromatic N) is 2. The van der Waals surface area contributed by atoms with Crippen LogP contribution in [0.2, 0.25) is 0 Å². The highest BCUT2D eigenvalue weighted by Crippen LogP contribution is 2.27. The number of carbonyl (C=O) groups excluding carboxylic acids is 1. The second-order valence-corrected chi connectivity index (χ2v) is 6.33. The second-order valence-electron chi connectivity index (χ2n) is 6.33. The summed E-state index contributed by atoms with van der Waals surface area (Å²) in [5.74, 6) is 1.97. The fourth-order valence-corrected chi connectivity index (χ4v) is 3.29. The van der Waals surface area contributed by atoms with Gasteiger partial charge in [0.05, 0.1) is 6.54 Å². The Balaban J connectivity index is 0.00000225. The summed E-state index contributed by atoms with van der Waals surface area (Å²) in [7, 11) is 1.77. The van der Waals surface area contributed by atoms with E-state index in [4.69, 9.17) is 4.74 Å². The molecule has 1 aromatic carbocycles. The molecular formula is C18H27IN4O2. The number of para-hydroxylation sites is 1. The van der Waals surface area contributed by atoms with Crippen LogP contribution in [0.3, 0.4) is 0 Å². The lowest BCUT2D eigenvalue weighted by atomic mass is 10.1. The fraction of sp³-hybridized carbons (Fsp3) is 0.556. The highest BCUT2D eigenvalue weighted by molar-refractivity contribution is 14.0. The molecule has 2 aliphatic heterocycles. The number of guanidine groups is 1. The topological polar surface area (TPSA) is 66.0 Å². The molecule has 2 aliphatic rings. The van der Waals surface area contributed by atoms with Crippen LogP contribution >= 0.6 is 24.0 Å². The normalized spacial score (nSPS) is 22.0. The van der Waals surface area contributed by atoms with Crippen molar-refractivity contribution in [3.8, 4) is 5.75 Å². The van der Waals surface area contributed by atoms with Gasteiger partial charge >= 0.3 is 0 Å². The average Bonchev–Trinajstić information content (AvgIpc) is 3.24. The van der Waals surface area contributed by atoms with Crippen LogP contribution in [0.1, 0.15) is 25.3 Å². The Morgan fingerprint density at radius 2 is 2.20 bits per heavy atom. The lowest BCUT2D eigenvalue weighted by Crippen LogP contribution is -2.47. The van der Waals surface area contributed by atoms with Crippen molar-refractivity contribution < 1.29 is 9.53 Å². The molecule has 7 heteroatoms. The maximum Gasteiger partial charge on any atom is 0.222 e. The minimum atomic E-state index is 0. The van der Waals surface area contributed by atoms with E-state index < -0.39 is 0 Å². The summed E-state index contributed by atoms with van der Waals surface area (Å²) < 4.78 is 5.94. The zero-order chi connectivity index (χ0) is 16.9. The zero-order valence-electron chi connectivity index (χ0n) is 14.8. The third-order valence-electron chi connectivity index (χ3n) is 4.62. The number of likely N-dealkylation sites (tertiary alicyclic amines) is 1. The number of hydrogen-bond donors (Lipinski definition) is 2. The Bertz CT molecular complexity index is 598. The fourth-order valence-electron chi connectivity index (χ4n) is 3.29. The summed E-state index contributed by atoms with van der Waals surface area (Å²) in [6.45, 7) is 4.18. The Labute approximate surface area is 166 Å². The lowest BCUT2D eigenvalue weighted by molar-refractivity contribution is -0.129. The van der Waals surface area contributed by atoms with E-state index in [0.29, 0.717) is 13.0 Å². The zero-order valence-corrected chi connectivity index (χ0v) is 17.2.